The molecule has 124 valence electrons. The van der Waals surface area contributed by atoms with Gasteiger partial charge in [-0.25, -0.2) is 4.79 Å². The van der Waals surface area contributed by atoms with E-state index in [1.807, 2.05) is 0 Å². The van der Waals surface area contributed by atoms with Gasteiger partial charge < -0.3 is 20.6 Å². The fourth-order valence-electron chi connectivity index (χ4n) is 2.09. The Kier molecular flexibility index (Phi) is 11.9. The highest BCUT2D eigenvalue weighted by atomic mass is 16.4. The maximum absolute atomic E-state index is 11.5. The van der Waals surface area contributed by atoms with E-state index in [4.69, 9.17) is 10.2 Å². The van der Waals surface area contributed by atoms with E-state index in [-0.39, 0.29) is 6.42 Å². The predicted molar refractivity (Wildman–Crippen MR) is 79.9 cm³/mol. The van der Waals surface area contributed by atoms with Gasteiger partial charge in [0, 0.05) is 0 Å². The topological polar surface area (TPSA) is 107 Å². The largest absolute Gasteiger partial charge is 0.480 e. The molecule has 0 aromatic heterocycles. The molecule has 6 heteroatoms. The number of carboxylic acid groups (broad SMARTS) is 1. The zero-order valence-electron chi connectivity index (χ0n) is 12.9. The van der Waals surface area contributed by atoms with Crippen LogP contribution in [-0.4, -0.2) is 45.9 Å². The van der Waals surface area contributed by atoms with Gasteiger partial charge in [-0.1, -0.05) is 51.9 Å². The molecule has 0 fully saturated rings. The van der Waals surface area contributed by atoms with E-state index < -0.39 is 30.6 Å². The Morgan fingerprint density at radius 1 is 1.05 bits per heavy atom. The lowest BCUT2D eigenvalue weighted by atomic mass is 10.0. The molecule has 1 unspecified atom stereocenters. The molecule has 0 saturated carbocycles. The van der Waals surface area contributed by atoms with E-state index in [2.05, 4.69) is 12.2 Å². The van der Waals surface area contributed by atoms with Crippen LogP contribution in [0, 0.1) is 0 Å². The summed E-state index contributed by atoms with van der Waals surface area (Å²) < 4.78 is 0. The number of aliphatic hydroxyl groups excluding tert-OH is 2. The van der Waals surface area contributed by atoms with Crippen molar-refractivity contribution < 1.29 is 24.9 Å². The van der Waals surface area contributed by atoms with Gasteiger partial charge >= 0.3 is 5.97 Å². The smallest absolute Gasteiger partial charge is 0.328 e. The molecule has 2 atom stereocenters. The minimum absolute atomic E-state index is 0.125. The number of carbonyl (C=O) groups is 2. The molecule has 0 aliphatic heterocycles. The monoisotopic (exact) mass is 303 g/mol. The van der Waals surface area contributed by atoms with Crippen LogP contribution in [0.5, 0.6) is 0 Å². The molecule has 21 heavy (non-hydrogen) atoms. The van der Waals surface area contributed by atoms with Crippen LogP contribution in [0.15, 0.2) is 0 Å². The molecule has 0 spiro atoms. The number of nitrogens with one attached hydrogen (secondary N) is 1. The molecule has 0 aliphatic carbocycles. The van der Waals surface area contributed by atoms with Crippen LogP contribution in [-0.2, 0) is 9.59 Å². The van der Waals surface area contributed by atoms with Crippen LogP contribution < -0.4 is 5.32 Å². The lowest BCUT2D eigenvalue weighted by Gasteiger charge is -2.14. The Balaban J connectivity index is 3.66. The average Bonchev–Trinajstić information content (AvgIpc) is 2.43. The summed E-state index contributed by atoms with van der Waals surface area (Å²) in [6.07, 6.45) is 7.65. The van der Waals surface area contributed by atoms with Crippen LogP contribution in [0.25, 0.3) is 0 Å². The SMILES string of the molecule is CCCCCCCCCC(O)CC(=O)N[C@@H](CO)C(=O)O. The van der Waals surface area contributed by atoms with Crippen molar-refractivity contribution in [1.29, 1.82) is 0 Å². The number of hydrogen-bond acceptors (Lipinski definition) is 4. The first-order valence-corrected chi connectivity index (χ1v) is 7.82. The summed E-state index contributed by atoms with van der Waals surface area (Å²) in [4.78, 5) is 22.1. The Hall–Kier alpha value is -1.14. The van der Waals surface area contributed by atoms with E-state index in [1.54, 1.807) is 0 Å². The second-order valence-corrected chi connectivity index (χ2v) is 5.41. The predicted octanol–water partition coefficient (Wildman–Crippen LogP) is 1.44. The van der Waals surface area contributed by atoms with Gasteiger partial charge in [-0.15, -0.1) is 0 Å². The van der Waals surface area contributed by atoms with Crippen LogP contribution in [0.4, 0.5) is 0 Å². The van der Waals surface area contributed by atoms with Gasteiger partial charge in [0.15, 0.2) is 0 Å². The highest BCUT2D eigenvalue weighted by Crippen LogP contribution is 2.11. The van der Waals surface area contributed by atoms with E-state index in [0.29, 0.717) is 6.42 Å². The van der Waals surface area contributed by atoms with E-state index in [0.717, 1.165) is 19.3 Å². The van der Waals surface area contributed by atoms with E-state index in [1.165, 1.54) is 25.7 Å². The summed E-state index contributed by atoms with van der Waals surface area (Å²) >= 11 is 0. The van der Waals surface area contributed by atoms with Gasteiger partial charge in [0.05, 0.1) is 19.1 Å². The highest BCUT2D eigenvalue weighted by molar-refractivity contribution is 5.83. The second kappa shape index (κ2) is 12.6. The van der Waals surface area contributed by atoms with Crippen molar-refractivity contribution in [3.63, 3.8) is 0 Å². The minimum atomic E-state index is -1.30. The zero-order valence-corrected chi connectivity index (χ0v) is 12.9. The fourth-order valence-corrected chi connectivity index (χ4v) is 2.09. The van der Waals surface area contributed by atoms with Gasteiger partial charge in [-0.2, -0.15) is 0 Å². The van der Waals surface area contributed by atoms with Crippen LogP contribution in [0.1, 0.15) is 64.7 Å². The van der Waals surface area contributed by atoms with Gasteiger partial charge in [0.2, 0.25) is 5.91 Å². The van der Waals surface area contributed by atoms with Crippen molar-refractivity contribution in [2.45, 2.75) is 76.9 Å². The summed E-state index contributed by atoms with van der Waals surface area (Å²) in [5.74, 6) is -1.83. The first kappa shape index (κ1) is 19.9. The van der Waals surface area contributed by atoms with Crippen LogP contribution in [0.3, 0.4) is 0 Å². The Bertz CT molecular complexity index is 296. The number of carboxylic acids is 1. The second-order valence-electron chi connectivity index (χ2n) is 5.41. The van der Waals surface area contributed by atoms with Crippen molar-refractivity contribution >= 4 is 11.9 Å². The first-order valence-electron chi connectivity index (χ1n) is 7.82. The Morgan fingerprint density at radius 2 is 1.62 bits per heavy atom. The van der Waals surface area contributed by atoms with E-state index >= 15 is 0 Å². The number of amides is 1. The summed E-state index contributed by atoms with van der Waals surface area (Å²) in [6.45, 7) is 1.52. The molecule has 0 heterocycles. The zero-order chi connectivity index (χ0) is 16.1. The molecule has 1 amide bonds. The quantitative estimate of drug-likeness (QED) is 0.385. The minimum Gasteiger partial charge on any atom is -0.480 e. The molecule has 0 radical (unpaired) electrons. The average molecular weight is 303 g/mol. The van der Waals surface area contributed by atoms with Crippen LogP contribution in [0.2, 0.25) is 0 Å². The highest BCUT2D eigenvalue weighted by Gasteiger charge is 2.20. The third-order valence-corrected chi connectivity index (χ3v) is 3.38. The van der Waals surface area contributed by atoms with E-state index in [9.17, 15) is 14.7 Å². The Morgan fingerprint density at radius 3 is 2.14 bits per heavy atom. The number of hydrogen-bond donors (Lipinski definition) is 4. The van der Waals surface area contributed by atoms with Crippen LogP contribution >= 0.6 is 0 Å². The van der Waals surface area contributed by atoms with Crippen molar-refractivity contribution in [3.8, 4) is 0 Å². The maximum atomic E-state index is 11.5. The van der Waals surface area contributed by atoms with Gasteiger partial charge in [-0.3, -0.25) is 4.79 Å². The number of aliphatic hydroxyl groups is 2. The lowest BCUT2D eigenvalue weighted by Crippen LogP contribution is -2.44. The molecule has 0 aromatic rings. The normalized spacial score (nSPS) is 13.7. The van der Waals surface area contributed by atoms with Crippen molar-refractivity contribution in [3.05, 3.63) is 0 Å². The van der Waals surface area contributed by atoms with Gasteiger partial charge in [0.1, 0.15) is 6.04 Å². The molecule has 0 aliphatic rings. The van der Waals surface area contributed by atoms with Crippen molar-refractivity contribution in [1.82, 2.24) is 5.32 Å². The summed E-state index contributed by atoms with van der Waals surface area (Å²) in [5.41, 5.74) is 0. The standard InChI is InChI=1S/C15H29NO5/c1-2-3-4-5-6-7-8-9-12(18)10-14(19)16-13(11-17)15(20)21/h12-13,17-18H,2-11H2,1H3,(H,16,19)(H,20,21)/t12?,13-/m0/s1. The third kappa shape index (κ3) is 11.2. The molecule has 6 nitrogen and oxygen atoms in total. The summed E-state index contributed by atoms with van der Waals surface area (Å²) in [6, 6.07) is -1.30. The molecule has 0 saturated heterocycles. The number of rotatable bonds is 13. The molecular formula is C15H29NO5. The summed E-state index contributed by atoms with van der Waals surface area (Å²) in [7, 11) is 0. The fraction of sp³-hybridized carbons (Fsp3) is 0.867. The van der Waals surface area contributed by atoms with Gasteiger partial charge in [0.25, 0.3) is 0 Å². The molecule has 0 bridgehead atoms. The van der Waals surface area contributed by atoms with Gasteiger partial charge in [-0.05, 0) is 6.42 Å². The number of carbonyl (C=O) groups excluding carboxylic acids is 1. The maximum Gasteiger partial charge on any atom is 0.328 e. The molecule has 0 rings (SSSR count). The Labute approximate surface area is 126 Å². The molecule has 0 aromatic carbocycles. The summed E-state index contributed by atoms with van der Waals surface area (Å²) in [5, 5.41) is 29.4. The molecular weight excluding hydrogens is 274 g/mol. The lowest BCUT2D eigenvalue weighted by molar-refractivity contribution is -0.143. The third-order valence-electron chi connectivity index (χ3n) is 3.38. The molecule has 4 N–H and O–H groups in total. The number of aliphatic carboxylic acids is 1. The van der Waals surface area contributed by atoms with Crippen molar-refractivity contribution in [2.24, 2.45) is 0 Å². The van der Waals surface area contributed by atoms with Crippen molar-refractivity contribution in [2.75, 3.05) is 6.61 Å². The number of unbranched alkanes of at least 4 members (excludes halogenated alkanes) is 6. The first-order chi connectivity index (χ1) is 10.0.